The van der Waals surface area contributed by atoms with E-state index in [0.717, 1.165) is 18.7 Å². The lowest BCUT2D eigenvalue weighted by Crippen LogP contribution is -2.34. The van der Waals surface area contributed by atoms with E-state index in [4.69, 9.17) is 11.1 Å². The third kappa shape index (κ3) is 2.13. The Balaban J connectivity index is 2.09. The minimum Gasteiger partial charge on any atom is -0.384 e. The second kappa shape index (κ2) is 4.96. The van der Waals surface area contributed by atoms with E-state index >= 15 is 0 Å². The van der Waals surface area contributed by atoms with Crippen molar-refractivity contribution in [1.82, 2.24) is 4.98 Å². The highest BCUT2D eigenvalue weighted by molar-refractivity contribution is 5.95. The SMILES string of the molecule is CC1CCc2ccccc2N1c1cc(C(=N)N)ccn1. The van der Waals surface area contributed by atoms with Gasteiger partial charge >= 0.3 is 0 Å². The fourth-order valence-electron chi connectivity index (χ4n) is 2.76. The van der Waals surface area contributed by atoms with Gasteiger partial charge in [0.2, 0.25) is 0 Å². The topological polar surface area (TPSA) is 66.0 Å². The van der Waals surface area contributed by atoms with E-state index in [2.05, 4.69) is 41.1 Å². The maximum absolute atomic E-state index is 7.57. The number of nitrogen functional groups attached to an aromatic ring is 1. The van der Waals surface area contributed by atoms with Crippen LogP contribution in [-0.4, -0.2) is 16.9 Å². The van der Waals surface area contributed by atoms with Crippen molar-refractivity contribution in [2.45, 2.75) is 25.8 Å². The van der Waals surface area contributed by atoms with Crippen LogP contribution in [0.2, 0.25) is 0 Å². The maximum atomic E-state index is 7.57. The molecular weight excluding hydrogens is 248 g/mol. The molecule has 1 aliphatic rings. The first-order chi connectivity index (χ1) is 9.66. The number of para-hydroxylation sites is 1. The van der Waals surface area contributed by atoms with E-state index in [9.17, 15) is 0 Å². The largest absolute Gasteiger partial charge is 0.384 e. The second-order valence-corrected chi connectivity index (χ2v) is 5.20. The number of hydrogen-bond donors (Lipinski definition) is 2. The summed E-state index contributed by atoms with van der Waals surface area (Å²) in [7, 11) is 0. The predicted octanol–water partition coefficient (Wildman–Crippen LogP) is 2.84. The van der Waals surface area contributed by atoms with Crippen molar-refractivity contribution >= 4 is 17.3 Å². The fraction of sp³-hybridized carbons (Fsp3) is 0.250. The maximum Gasteiger partial charge on any atom is 0.133 e. The molecule has 0 radical (unpaired) electrons. The van der Waals surface area contributed by atoms with Gasteiger partial charge in [-0.3, -0.25) is 5.41 Å². The van der Waals surface area contributed by atoms with E-state index in [1.807, 2.05) is 6.07 Å². The van der Waals surface area contributed by atoms with E-state index in [1.165, 1.54) is 11.3 Å². The molecule has 20 heavy (non-hydrogen) atoms. The average Bonchev–Trinajstić information content (AvgIpc) is 2.47. The molecule has 0 bridgehead atoms. The summed E-state index contributed by atoms with van der Waals surface area (Å²) in [6.07, 6.45) is 3.92. The Kier molecular flexibility index (Phi) is 3.14. The lowest BCUT2D eigenvalue weighted by molar-refractivity contribution is 0.613. The van der Waals surface area contributed by atoms with Gasteiger partial charge in [-0.1, -0.05) is 18.2 Å². The zero-order chi connectivity index (χ0) is 14.1. The standard InChI is InChI=1S/C16H18N4/c1-11-6-7-12-4-2-3-5-14(12)20(11)15-10-13(16(17)18)8-9-19-15/h2-5,8-11H,6-7H2,1H3,(H3,17,18). The van der Waals surface area contributed by atoms with Crippen LogP contribution in [-0.2, 0) is 6.42 Å². The highest BCUT2D eigenvalue weighted by Gasteiger charge is 2.25. The van der Waals surface area contributed by atoms with Gasteiger partial charge in [-0.25, -0.2) is 4.98 Å². The number of nitrogens with one attached hydrogen (secondary N) is 1. The van der Waals surface area contributed by atoms with Gasteiger partial charge in [0, 0.05) is 23.5 Å². The van der Waals surface area contributed by atoms with Crippen LogP contribution in [0.4, 0.5) is 11.5 Å². The van der Waals surface area contributed by atoms with Crippen molar-refractivity contribution in [3.8, 4) is 0 Å². The third-order valence-electron chi connectivity index (χ3n) is 3.83. The zero-order valence-corrected chi connectivity index (χ0v) is 11.5. The molecule has 3 rings (SSSR count). The molecule has 2 aromatic rings. The molecule has 0 amide bonds. The lowest BCUT2D eigenvalue weighted by atomic mass is 9.96. The zero-order valence-electron chi connectivity index (χ0n) is 11.5. The van der Waals surface area contributed by atoms with Crippen molar-refractivity contribution in [3.05, 3.63) is 53.7 Å². The summed E-state index contributed by atoms with van der Waals surface area (Å²) in [4.78, 5) is 6.71. The van der Waals surface area contributed by atoms with Gasteiger partial charge in [-0.2, -0.15) is 0 Å². The number of aryl methyl sites for hydroxylation is 1. The number of anilines is 2. The van der Waals surface area contributed by atoms with E-state index in [-0.39, 0.29) is 5.84 Å². The van der Waals surface area contributed by atoms with Gasteiger partial charge in [0.25, 0.3) is 0 Å². The van der Waals surface area contributed by atoms with Crippen molar-refractivity contribution in [2.75, 3.05) is 4.90 Å². The summed E-state index contributed by atoms with van der Waals surface area (Å²) in [6, 6.07) is 12.5. The van der Waals surface area contributed by atoms with Crippen molar-refractivity contribution in [2.24, 2.45) is 5.73 Å². The van der Waals surface area contributed by atoms with Crippen LogP contribution >= 0.6 is 0 Å². The summed E-state index contributed by atoms with van der Waals surface area (Å²) in [5.41, 5.74) is 8.85. The summed E-state index contributed by atoms with van der Waals surface area (Å²) in [6.45, 7) is 2.21. The molecule has 0 saturated heterocycles. The van der Waals surface area contributed by atoms with E-state index in [1.54, 1.807) is 12.3 Å². The Morgan fingerprint density at radius 3 is 2.95 bits per heavy atom. The van der Waals surface area contributed by atoms with E-state index in [0.29, 0.717) is 11.6 Å². The fourth-order valence-corrected chi connectivity index (χ4v) is 2.76. The lowest BCUT2D eigenvalue weighted by Gasteiger charge is -2.36. The molecule has 1 atom stereocenters. The quantitative estimate of drug-likeness (QED) is 0.649. The Hall–Kier alpha value is -2.36. The minimum atomic E-state index is 0.0756. The van der Waals surface area contributed by atoms with Crippen LogP contribution in [0.25, 0.3) is 0 Å². The Labute approximate surface area is 118 Å². The molecule has 0 fully saturated rings. The molecule has 4 nitrogen and oxygen atoms in total. The van der Waals surface area contributed by atoms with Crippen molar-refractivity contribution in [1.29, 1.82) is 5.41 Å². The number of rotatable bonds is 2. The number of pyridine rings is 1. The number of hydrogen-bond acceptors (Lipinski definition) is 3. The first-order valence-corrected chi connectivity index (χ1v) is 6.84. The minimum absolute atomic E-state index is 0.0756. The number of nitrogens with two attached hydrogens (primary N) is 1. The van der Waals surface area contributed by atoms with Gasteiger partial charge in [0.1, 0.15) is 11.7 Å². The van der Waals surface area contributed by atoms with Gasteiger partial charge in [0.15, 0.2) is 0 Å². The van der Waals surface area contributed by atoms with Gasteiger partial charge in [0.05, 0.1) is 0 Å². The molecule has 102 valence electrons. The average molecular weight is 266 g/mol. The van der Waals surface area contributed by atoms with Gasteiger partial charge in [-0.15, -0.1) is 0 Å². The summed E-state index contributed by atoms with van der Waals surface area (Å²) in [5.74, 6) is 0.934. The molecule has 1 aromatic heterocycles. The number of benzene rings is 1. The molecule has 0 saturated carbocycles. The van der Waals surface area contributed by atoms with Crippen LogP contribution in [0.15, 0.2) is 42.6 Å². The second-order valence-electron chi connectivity index (χ2n) is 5.20. The molecule has 1 aliphatic heterocycles. The first-order valence-electron chi connectivity index (χ1n) is 6.84. The summed E-state index contributed by atoms with van der Waals surface area (Å²) < 4.78 is 0. The molecule has 1 unspecified atom stereocenters. The smallest absolute Gasteiger partial charge is 0.133 e. The Morgan fingerprint density at radius 2 is 2.15 bits per heavy atom. The molecule has 2 heterocycles. The number of fused-ring (bicyclic) bond motifs is 1. The molecule has 1 aromatic carbocycles. The van der Waals surface area contributed by atoms with Crippen LogP contribution in [0.3, 0.4) is 0 Å². The van der Waals surface area contributed by atoms with Crippen LogP contribution < -0.4 is 10.6 Å². The monoisotopic (exact) mass is 266 g/mol. The Bertz CT molecular complexity index is 650. The van der Waals surface area contributed by atoms with Gasteiger partial charge in [-0.05, 0) is 43.5 Å². The van der Waals surface area contributed by atoms with E-state index < -0.39 is 0 Å². The summed E-state index contributed by atoms with van der Waals surface area (Å²) >= 11 is 0. The highest BCUT2D eigenvalue weighted by Crippen LogP contribution is 2.35. The van der Waals surface area contributed by atoms with Crippen molar-refractivity contribution < 1.29 is 0 Å². The summed E-state index contributed by atoms with van der Waals surface area (Å²) in [5, 5.41) is 7.57. The number of aromatic nitrogens is 1. The predicted molar refractivity (Wildman–Crippen MR) is 81.6 cm³/mol. The molecule has 4 heteroatoms. The first kappa shape index (κ1) is 12.7. The number of amidine groups is 1. The third-order valence-corrected chi connectivity index (χ3v) is 3.83. The Morgan fingerprint density at radius 1 is 1.35 bits per heavy atom. The van der Waals surface area contributed by atoms with Gasteiger partial charge < -0.3 is 10.6 Å². The van der Waals surface area contributed by atoms with Crippen LogP contribution in [0.5, 0.6) is 0 Å². The normalized spacial score (nSPS) is 17.6. The van der Waals surface area contributed by atoms with Crippen LogP contribution in [0, 0.1) is 5.41 Å². The molecule has 0 aliphatic carbocycles. The van der Waals surface area contributed by atoms with Crippen LogP contribution in [0.1, 0.15) is 24.5 Å². The highest BCUT2D eigenvalue weighted by atomic mass is 15.2. The molecule has 3 N–H and O–H groups in total. The molecular formula is C16H18N4. The molecule has 0 spiro atoms. The van der Waals surface area contributed by atoms with Crippen molar-refractivity contribution in [3.63, 3.8) is 0 Å². The number of nitrogens with zero attached hydrogens (tertiary/aromatic N) is 2.